The lowest BCUT2D eigenvalue weighted by atomic mass is 9.90. The molecule has 1 N–H and O–H groups in total. The van der Waals surface area contributed by atoms with Crippen molar-refractivity contribution in [2.24, 2.45) is 0 Å². The molecule has 0 aliphatic carbocycles. The third-order valence-electron chi connectivity index (χ3n) is 6.82. The van der Waals surface area contributed by atoms with Gasteiger partial charge in [-0.05, 0) is 30.2 Å². The highest BCUT2D eigenvalue weighted by molar-refractivity contribution is 6.05. The monoisotopic (exact) mass is 489 g/mol. The van der Waals surface area contributed by atoms with Crippen molar-refractivity contribution in [2.75, 3.05) is 0 Å². The third kappa shape index (κ3) is 3.73. The van der Waals surface area contributed by atoms with E-state index in [0.717, 1.165) is 61.4 Å². The average Bonchev–Trinajstić information content (AvgIpc) is 3.45. The quantitative estimate of drug-likeness (QED) is 0.273. The van der Waals surface area contributed by atoms with Crippen molar-refractivity contribution in [3.05, 3.63) is 121 Å². The topological polar surface area (TPSA) is 67.3 Å². The van der Waals surface area contributed by atoms with E-state index in [2.05, 4.69) is 77.6 Å². The molecule has 7 rings (SSSR count). The number of pyridine rings is 1. The summed E-state index contributed by atoms with van der Waals surface area (Å²) in [4.78, 5) is 23.4. The maximum Gasteiger partial charge on any atom is 0.178 e. The second-order valence-electron chi connectivity index (χ2n) is 9.32. The summed E-state index contributed by atoms with van der Waals surface area (Å²) in [7, 11) is 0. The van der Waals surface area contributed by atoms with Gasteiger partial charge in [0.1, 0.15) is 11.4 Å². The average molecular weight is 490 g/mol. The van der Waals surface area contributed by atoms with Gasteiger partial charge in [0.2, 0.25) is 0 Å². The van der Waals surface area contributed by atoms with E-state index in [0.29, 0.717) is 5.65 Å². The lowest BCUT2D eigenvalue weighted by Gasteiger charge is -2.18. The number of para-hydroxylation sites is 2. The molecule has 0 aliphatic rings. The molecular formula is C33H23N5. The fourth-order valence-electron chi connectivity index (χ4n) is 4.99. The first-order valence-electron chi connectivity index (χ1n) is 12.6. The van der Waals surface area contributed by atoms with E-state index in [4.69, 9.17) is 15.0 Å². The Kier molecular flexibility index (Phi) is 5.26. The molecule has 0 atom stereocenters. The van der Waals surface area contributed by atoms with Crippen molar-refractivity contribution < 1.29 is 0 Å². The zero-order chi connectivity index (χ0) is 25.5. The molecule has 7 aromatic rings. The number of aryl methyl sites for hydroxylation is 1. The Bertz CT molecular complexity index is 1910. The number of aromatic nitrogens is 5. The molecule has 3 aromatic heterocycles. The highest BCUT2D eigenvalue weighted by Gasteiger charge is 2.24. The summed E-state index contributed by atoms with van der Waals surface area (Å²) in [6, 6.07) is 37.1. The normalized spacial score (nSPS) is 11.3. The number of hydrogen-bond acceptors (Lipinski definition) is 4. The van der Waals surface area contributed by atoms with Gasteiger partial charge in [-0.1, -0.05) is 103 Å². The van der Waals surface area contributed by atoms with Crippen LogP contribution in [0.5, 0.6) is 0 Å². The van der Waals surface area contributed by atoms with Crippen LogP contribution in [0.3, 0.4) is 0 Å². The van der Waals surface area contributed by atoms with Crippen LogP contribution in [-0.4, -0.2) is 24.9 Å². The van der Waals surface area contributed by atoms with E-state index in [1.165, 1.54) is 5.56 Å². The summed E-state index contributed by atoms with van der Waals surface area (Å²) in [6.07, 6.45) is 1.71. The molecule has 0 aliphatic heterocycles. The Labute approximate surface area is 219 Å². The lowest BCUT2D eigenvalue weighted by molar-refractivity contribution is 1.24. The molecule has 0 saturated carbocycles. The van der Waals surface area contributed by atoms with Crippen molar-refractivity contribution in [3.63, 3.8) is 0 Å². The maximum atomic E-state index is 5.19. The largest absolute Gasteiger partial charge is 0.343 e. The van der Waals surface area contributed by atoms with Gasteiger partial charge in [0.15, 0.2) is 5.65 Å². The van der Waals surface area contributed by atoms with E-state index >= 15 is 0 Å². The minimum atomic E-state index is 0.643. The fourth-order valence-corrected chi connectivity index (χ4v) is 4.99. The minimum Gasteiger partial charge on any atom is -0.343 e. The van der Waals surface area contributed by atoms with Crippen LogP contribution in [0, 0.1) is 6.92 Å². The Morgan fingerprint density at radius 2 is 1.08 bits per heavy atom. The number of nitrogens with zero attached hydrogens (tertiary/aromatic N) is 4. The molecule has 0 unspecified atom stereocenters. The number of rotatable bonds is 4. The van der Waals surface area contributed by atoms with Gasteiger partial charge < -0.3 is 4.98 Å². The molecule has 38 heavy (non-hydrogen) atoms. The van der Waals surface area contributed by atoms with Crippen LogP contribution in [0.15, 0.2) is 116 Å². The number of nitrogens with one attached hydrogen (secondary N) is 1. The van der Waals surface area contributed by atoms with Crippen LogP contribution < -0.4 is 0 Å². The highest BCUT2D eigenvalue weighted by Crippen LogP contribution is 2.44. The van der Waals surface area contributed by atoms with Crippen molar-refractivity contribution in [1.82, 2.24) is 24.9 Å². The number of H-pyrrole nitrogens is 1. The summed E-state index contributed by atoms with van der Waals surface area (Å²) in [5.41, 5.74) is 11.8. The first-order valence-corrected chi connectivity index (χ1v) is 12.6. The van der Waals surface area contributed by atoms with Gasteiger partial charge in [0.25, 0.3) is 0 Å². The van der Waals surface area contributed by atoms with E-state index in [1.807, 2.05) is 48.5 Å². The fraction of sp³-hybridized carbons (Fsp3) is 0.0303. The first kappa shape index (κ1) is 22.1. The molecule has 0 spiro atoms. The summed E-state index contributed by atoms with van der Waals surface area (Å²) in [6.45, 7) is 2.10. The van der Waals surface area contributed by atoms with E-state index in [1.54, 1.807) is 6.33 Å². The van der Waals surface area contributed by atoms with Crippen molar-refractivity contribution in [1.29, 1.82) is 0 Å². The summed E-state index contributed by atoms with van der Waals surface area (Å²) in [5.74, 6) is 0. The highest BCUT2D eigenvalue weighted by atomic mass is 15.0. The van der Waals surface area contributed by atoms with E-state index < -0.39 is 0 Å². The molecule has 5 heteroatoms. The van der Waals surface area contributed by atoms with Gasteiger partial charge >= 0.3 is 0 Å². The molecule has 0 fully saturated rings. The zero-order valence-electron chi connectivity index (χ0n) is 20.8. The second kappa shape index (κ2) is 9.05. The molecule has 0 saturated heterocycles. The summed E-state index contributed by atoms with van der Waals surface area (Å²) in [5, 5.41) is 0. The number of benzene rings is 4. The molecule has 3 heterocycles. The number of hydrogen-bond donors (Lipinski definition) is 1. The van der Waals surface area contributed by atoms with Crippen LogP contribution in [0.1, 0.15) is 5.56 Å². The smallest absolute Gasteiger partial charge is 0.178 e. The van der Waals surface area contributed by atoms with Gasteiger partial charge in [-0.3, -0.25) is 0 Å². The SMILES string of the molecule is Cc1ccc(-c2c(-c3ccccc3)c(-c3nc4ccccc4nc3-c3ccccc3)nc3nc[nH]c23)cc1. The van der Waals surface area contributed by atoms with Crippen molar-refractivity contribution in [2.45, 2.75) is 6.92 Å². The van der Waals surface area contributed by atoms with Gasteiger partial charge in [0, 0.05) is 16.7 Å². The first-order chi connectivity index (χ1) is 18.8. The molecule has 180 valence electrons. The molecule has 4 aromatic carbocycles. The van der Waals surface area contributed by atoms with Crippen molar-refractivity contribution in [3.8, 4) is 44.9 Å². The van der Waals surface area contributed by atoms with Crippen LogP contribution in [0.2, 0.25) is 0 Å². The van der Waals surface area contributed by atoms with E-state index in [-0.39, 0.29) is 0 Å². The lowest BCUT2D eigenvalue weighted by Crippen LogP contribution is -2.01. The zero-order valence-corrected chi connectivity index (χ0v) is 20.8. The van der Waals surface area contributed by atoms with Gasteiger partial charge in [0.05, 0.1) is 28.6 Å². The third-order valence-corrected chi connectivity index (χ3v) is 6.82. The number of aromatic amines is 1. The van der Waals surface area contributed by atoms with E-state index in [9.17, 15) is 0 Å². The number of imidazole rings is 1. The molecule has 5 nitrogen and oxygen atoms in total. The molecule has 0 amide bonds. The van der Waals surface area contributed by atoms with Gasteiger partial charge in [-0.25, -0.2) is 19.9 Å². The predicted octanol–water partition coefficient (Wildman–Crippen LogP) is 7.88. The maximum absolute atomic E-state index is 5.19. The molecule has 0 bridgehead atoms. The Balaban J connectivity index is 1.65. The van der Waals surface area contributed by atoms with Crippen molar-refractivity contribution >= 4 is 22.2 Å². The Morgan fingerprint density at radius 3 is 1.76 bits per heavy atom. The standard InChI is InChI=1S/C33H23N5/c1-21-16-18-23(19-17-21)28-27(22-10-4-2-5-11-22)30(38-33-31(28)34-20-35-33)32-29(24-12-6-3-7-13-24)36-25-14-8-9-15-26(25)37-32/h2-20H,1H3,(H,34,35,38). The predicted molar refractivity (Wildman–Crippen MR) is 153 cm³/mol. The van der Waals surface area contributed by atoms with Gasteiger partial charge in [-0.2, -0.15) is 0 Å². The van der Waals surface area contributed by atoms with Gasteiger partial charge in [-0.15, -0.1) is 0 Å². The van der Waals surface area contributed by atoms with Crippen LogP contribution in [0.4, 0.5) is 0 Å². The molecular weight excluding hydrogens is 466 g/mol. The molecule has 0 radical (unpaired) electrons. The Hall–Kier alpha value is -5.16. The minimum absolute atomic E-state index is 0.643. The summed E-state index contributed by atoms with van der Waals surface area (Å²) < 4.78 is 0. The second-order valence-corrected chi connectivity index (χ2v) is 9.32. The van der Waals surface area contributed by atoms with Crippen LogP contribution in [-0.2, 0) is 0 Å². The van der Waals surface area contributed by atoms with Crippen LogP contribution >= 0.6 is 0 Å². The summed E-state index contributed by atoms with van der Waals surface area (Å²) >= 11 is 0. The van der Waals surface area contributed by atoms with Crippen LogP contribution in [0.25, 0.3) is 67.1 Å². The number of fused-ring (bicyclic) bond motifs is 2. The Morgan fingerprint density at radius 1 is 0.500 bits per heavy atom.